The van der Waals surface area contributed by atoms with Crippen molar-refractivity contribution in [2.24, 2.45) is 0 Å². The van der Waals surface area contributed by atoms with Gasteiger partial charge in [-0.25, -0.2) is 8.42 Å². The quantitative estimate of drug-likeness (QED) is 0.829. The van der Waals surface area contributed by atoms with Crippen LogP contribution in [0.1, 0.15) is 11.1 Å². The minimum Gasteiger partial charge on any atom is -0.399 e. The highest BCUT2D eigenvalue weighted by Crippen LogP contribution is 2.27. The van der Waals surface area contributed by atoms with Crippen LogP contribution in [0.2, 0.25) is 0 Å². The predicted molar refractivity (Wildman–Crippen MR) is 85.3 cm³/mol. The molecule has 3 N–H and O–H groups in total. The molecule has 6 heteroatoms. The van der Waals surface area contributed by atoms with Gasteiger partial charge in [0.1, 0.15) is 0 Å². The van der Waals surface area contributed by atoms with Crippen LogP contribution in [-0.4, -0.2) is 8.42 Å². The van der Waals surface area contributed by atoms with Crippen LogP contribution in [0.4, 0.5) is 11.4 Å². The van der Waals surface area contributed by atoms with E-state index in [1.54, 1.807) is 25.1 Å². The monoisotopic (exact) mass is 354 g/mol. The van der Waals surface area contributed by atoms with Crippen molar-refractivity contribution in [1.82, 2.24) is 0 Å². The van der Waals surface area contributed by atoms with E-state index in [9.17, 15) is 8.42 Å². The minimum atomic E-state index is -3.66. The second-order valence-corrected chi connectivity index (χ2v) is 7.12. The largest absolute Gasteiger partial charge is 0.399 e. The molecule has 0 heterocycles. The Bertz CT molecular complexity index is 758. The van der Waals surface area contributed by atoms with E-state index < -0.39 is 10.0 Å². The van der Waals surface area contributed by atoms with Crippen LogP contribution >= 0.6 is 15.9 Å². The molecule has 0 aromatic heterocycles. The topological polar surface area (TPSA) is 72.2 Å². The minimum absolute atomic E-state index is 0.185. The molecular weight excluding hydrogens is 340 g/mol. The van der Waals surface area contributed by atoms with Crippen LogP contribution in [0.5, 0.6) is 0 Å². The molecule has 4 nitrogen and oxygen atoms in total. The van der Waals surface area contributed by atoms with E-state index in [0.717, 1.165) is 5.56 Å². The molecule has 0 aliphatic carbocycles. The molecule has 0 saturated carbocycles. The number of hydrogen-bond donors (Lipinski definition) is 2. The van der Waals surface area contributed by atoms with Crippen molar-refractivity contribution in [3.63, 3.8) is 0 Å². The summed E-state index contributed by atoms with van der Waals surface area (Å²) in [6.45, 7) is 3.67. The normalized spacial score (nSPS) is 11.3. The second kappa shape index (κ2) is 5.46. The highest BCUT2D eigenvalue weighted by molar-refractivity contribution is 9.10. The maximum atomic E-state index is 12.4. The number of nitrogens with one attached hydrogen (secondary N) is 1. The Kier molecular flexibility index (Phi) is 4.06. The Labute approximate surface area is 127 Å². The molecule has 2 aromatic rings. The molecule has 0 unspecified atom stereocenters. The molecular formula is C14H15BrN2O2S. The van der Waals surface area contributed by atoms with Gasteiger partial charge in [0.2, 0.25) is 0 Å². The van der Waals surface area contributed by atoms with Gasteiger partial charge in [-0.05, 0) is 65.2 Å². The van der Waals surface area contributed by atoms with Gasteiger partial charge in [0.05, 0.1) is 10.6 Å². The molecule has 0 fully saturated rings. The van der Waals surface area contributed by atoms with Gasteiger partial charge in [0.25, 0.3) is 10.0 Å². The third-order valence-electron chi connectivity index (χ3n) is 2.87. The fraction of sp³-hybridized carbons (Fsp3) is 0.143. The van der Waals surface area contributed by atoms with Gasteiger partial charge in [-0.1, -0.05) is 12.1 Å². The first kappa shape index (κ1) is 14.9. The maximum Gasteiger partial charge on any atom is 0.262 e. The fourth-order valence-corrected chi connectivity index (χ4v) is 3.89. The molecule has 0 amide bonds. The summed E-state index contributed by atoms with van der Waals surface area (Å²) in [5.41, 5.74) is 8.27. The Morgan fingerprint density at radius 1 is 1.10 bits per heavy atom. The summed E-state index contributed by atoms with van der Waals surface area (Å²) in [4.78, 5) is 0.185. The molecule has 0 bridgehead atoms. The van der Waals surface area contributed by atoms with E-state index in [-0.39, 0.29) is 4.90 Å². The molecule has 0 aliphatic heterocycles. The molecule has 0 atom stereocenters. The Hall–Kier alpha value is -1.53. The average Bonchev–Trinajstić information content (AvgIpc) is 2.35. The Morgan fingerprint density at radius 3 is 2.45 bits per heavy atom. The van der Waals surface area contributed by atoms with Crippen LogP contribution in [-0.2, 0) is 10.0 Å². The van der Waals surface area contributed by atoms with Crippen LogP contribution in [0.15, 0.2) is 45.8 Å². The van der Waals surface area contributed by atoms with Gasteiger partial charge >= 0.3 is 0 Å². The van der Waals surface area contributed by atoms with Gasteiger partial charge in [0, 0.05) is 10.2 Å². The Balaban J connectivity index is 2.43. The third kappa shape index (κ3) is 3.13. The van der Waals surface area contributed by atoms with E-state index in [0.29, 0.717) is 21.4 Å². The van der Waals surface area contributed by atoms with E-state index in [1.807, 2.05) is 19.1 Å². The van der Waals surface area contributed by atoms with Crippen LogP contribution in [0, 0.1) is 13.8 Å². The molecule has 106 valence electrons. The zero-order chi connectivity index (χ0) is 14.9. The summed E-state index contributed by atoms with van der Waals surface area (Å²) in [7, 11) is -3.66. The molecule has 0 saturated heterocycles. The lowest BCUT2D eigenvalue weighted by molar-refractivity contribution is 0.600. The van der Waals surface area contributed by atoms with Crippen molar-refractivity contribution in [2.45, 2.75) is 18.7 Å². The maximum absolute atomic E-state index is 12.4. The van der Waals surface area contributed by atoms with E-state index in [4.69, 9.17) is 5.73 Å². The van der Waals surface area contributed by atoms with Gasteiger partial charge in [0.15, 0.2) is 0 Å². The average molecular weight is 355 g/mol. The summed E-state index contributed by atoms with van der Waals surface area (Å²) in [6, 6.07) is 10.2. The number of hydrogen-bond acceptors (Lipinski definition) is 3. The van der Waals surface area contributed by atoms with Crippen molar-refractivity contribution in [2.75, 3.05) is 10.5 Å². The van der Waals surface area contributed by atoms with E-state index in [2.05, 4.69) is 20.7 Å². The first-order chi connectivity index (χ1) is 9.29. The van der Waals surface area contributed by atoms with Crippen LogP contribution in [0.25, 0.3) is 0 Å². The van der Waals surface area contributed by atoms with Gasteiger partial charge in [-0.3, -0.25) is 4.72 Å². The van der Waals surface area contributed by atoms with E-state index in [1.165, 1.54) is 6.07 Å². The lowest BCUT2D eigenvalue weighted by atomic mass is 10.2. The van der Waals surface area contributed by atoms with E-state index >= 15 is 0 Å². The molecule has 2 aromatic carbocycles. The SMILES string of the molecule is Cc1ccc(NS(=O)(=O)c2cc(N)ccc2C)c(Br)c1. The van der Waals surface area contributed by atoms with Gasteiger partial charge in [-0.15, -0.1) is 0 Å². The van der Waals surface area contributed by atoms with Crippen molar-refractivity contribution in [1.29, 1.82) is 0 Å². The van der Waals surface area contributed by atoms with Crippen molar-refractivity contribution >= 4 is 37.3 Å². The van der Waals surface area contributed by atoms with Crippen LogP contribution in [0.3, 0.4) is 0 Å². The molecule has 0 radical (unpaired) electrons. The first-order valence-electron chi connectivity index (χ1n) is 5.95. The number of benzene rings is 2. The highest BCUT2D eigenvalue weighted by atomic mass is 79.9. The van der Waals surface area contributed by atoms with Crippen molar-refractivity contribution in [3.8, 4) is 0 Å². The summed E-state index contributed by atoms with van der Waals surface area (Å²) in [5, 5.41) is 0. The number of nitrogen functional groups attached to an aromatic ring is 1. The second-order valence-electron chi connectivity index (χ2n) is 4.61. The fourth-order valence-electron chi connectivity index (χ4n) is 1.81. The van der Waals surface area contributed by atoms with Gasteiger partial charge in [-0.2, -0.15) is 0 Å². The predicted octanol–water partition coefficient (Wildman–Crippen LogP) is 3.45. The third-order valence-corrected chi connectivity index (χ3v) is 5.03. The number of rotatable bonds is 3. The lowest BCUT2D eigenvalue weighted by Gasteiger charge is -2.12. The summed E-state index contributed by atoms with van der Waals surface area (Å²) in [6.07, 6.45) is 0. The van der Waals surface area contributed by atoms with Crippen LogP contribution < -0.4 is 10.5 Å². The lowest BCUT2D eigenvalue weighted by Crippen LogP contribution is -2.15. The number of nitrogens with two attached hydrogens (primary N) is 1. The smallest absolute Gasteiger partial charge is 0.262 e. The number of sulfonamides is 1. The molecule has 20 heavy (non-hydrogen) atoms. The summed E-state index contributed by atoms with van der Waals surface area (Å²) in [5.74, 6) is 0. The van der Waals surface area contributed by atoms with Crippen molar-refractivity contribution < 1.29 is 8.42 Å². The number of halogens is 1. The standard InChI is InChI=1S/C14H15BrN2O2S/c1-9-3-6-13(12(15)7-9)17-20(18,19)14-8-11(16)5-4-10(14)2/h3-8,17H,16H2,1-2H3. The molecule has 0 spiro atoms. The summed E-state index contributed by atoms with van der Waals surface area (Å²) >= 11 is 3.35. The molecule has 0 aliphatic rings. The summed E-state index contributed by atoms with van der Waals surface area (Å²) < 4.78 is 28.1. The van der Waals surface area contributed by atoms with Crippen molar-refractivity contribution in [3.05, 3.63) is 52.0 Å². The number of anilines is 2. The molecule has 2 rings (SSSR count). The zero-order valence-corrected chi connectivity index (χ0v) is 13.5. The Morgan fingerprint density at radius 2 is 1.80 bits per heavy atom. The number of aryl methyl sites for hydroxylation is 2. The first-order valence-corrected chi connectivity index (χ1v) is 8.22. The van der Waals surface area contributed by atoms with Gasteiger partial charge < -0.3 is 5.73 Å². The zero-order valence-electron chi connectivity index (χ0n) is 11.1. The highest BCUT2D eigenvalue weighted by Gasteiger charge is 2.18.